The van der Waals surface area contributed by atoms with Crippen molar-refractivity contribution < 1.29 is 0 Å². The summed E-state index contributed by atoms with van der Waals surface area (Å²) in [6.07, 6.45) is 4.95. The molecule has 0 amide bonds. The summed E-state index contributed by atoms with van der Waals surface area (Å²) < 4.78 is 2.43. The molecule has 0 saturated heterocycles. The van der Waals surface area contributed by atoms with Crippen LogP contribution >= 0.6 is 22.7 Å². The predicted octanol–water partition coefficient (Wildman–Crippen LogP) is 17.3. The molecule has 2 aromatic heterocycles. The van der Waals surface area contributed by atoms with Crippen LogP contribution in [-0.2, 0) is 5.41 Å². The van der Waals surface area contributed by atoms with Crippen LogP contribution in [0.25, 0.3) is 107 Å². The maximum atomic E-state index is 5.36. The van der Waals surface area contributed by atoms with Crippen LogP contribution in [0, 0.1) is 11.8 Å². The molecule has 308 valence electrons. The second-order valence-electron chi connectivity index (χ2n) is 18.4. The van der Waals surface area contributed by atoms with Crippen molar-refractivity contribution in [3.8, 4) is 43.4 Å². The van der Waals surface area contributed by atoms with Gasteiger partial charge in [0.25, 0.3) is 0 Å². The van der Waals surface area contributed by atoms with Crippen molar-refractivity contribution in [2.75, 3.05) is 0 Å². The minimum absolute atomic E-state index is 0.194. The zero-order chi connectivity index (χ0) is 42.6. The quantitative estimate of drug-likeness (QED) is 0.156. The molecule has 0 spiro atoms. The Labute approximate surface area is 385 Å². The van der Waals surface area contributed by atoms with Crippen molar-refractivity contribution in [2.24, 2.45) is 11.8 Å². The molecular formula is C61H42N2S2. The van der Waals surface area contributed by atoms with Crippen LogP contribution in [0.15, 0.2) is 194 Å². The molecule has 0 radical (unpaired) electrons. The average molecular weight is 867 g/mol. The second kappa shape index (κ2) is 14.5. The third kappa shape index (κ3) is 5.63. The van der Waals surface area contributed by atoms with Crippen LogP contribution in [0.5, 0.6) is 0 Å². The van der Waals surface area contributed by atoms with Crippen molar-refractivity contribution >= 4 is 86.2 Å². The van der Waals surface area contributed by atoms with Gasteiger partial charge in [0, 0.05) is 27.3 Å². The predicted molar refractivity (Wildman–Crippen MR) is 277 cm³/mol. The highest BCUT2D eigenvalue weighted by Crippen LogP contribution is 2.63. The normalized spacial score (nSPS) is 16.8. The summed E-state index contributed by atoms with van der Waals surface area (Å²) in [5, 5.41) is 12.2. The molecule has 2 aliphatic rings. The summed E-state index contributed by atoms with van der Waals surface area (Å²) in [7, 11) is 0. The van der Waals surface area contributed by atoms with E-state index in [1.165, 1.54) is 116 Å². The van der Waals surface area contributed by atoms with E-state index in [1.807, 2.05) is 0 Å². The van der Waals surface area contributed by atoms with Crippen molar-refractivity contribution in [3.63, 3.8) is 0 Å². The molecule has 2 unspecified atom stereocenters. The van der Waals surface area contributed by atoms with E-state index in [0.717, 1.165) is 27.5 Å². The summed E-state index contributed by atoms with van der Waals surface area (Å²) >= 11 is 3.61. The van der Waals surface area contributed by atoms with E-state index in [2.05, 4.69) is 194 Å². The molecule has 14 rings (SSSR count). The Hall–Kier alpha value is -6.98. The SMILES string of the molecule is c1ccc(C2(c3ccccc3-c3cccc4cc5ccccc5c(-c5nc6ccccc6s5)c34)CC3CCC2C3)c(-c2cccc3cc4ccccc4c(-c4nc5ccccc5s4)c23)c1. The molecule has 10 aromatic carbocycles. The van der Waals surface area contributed by atoms with E-state index in [1.54, 1.807) is 22.7 Å². The number of benzene rings is 10. The molecule has 65 heavy (non-hydrogen) atoms. The number of nitrogens with zero attached hydrogens (tertiary/aromatic N) is 2. The number of hydrogen-bond donors (Lipinski definition) is 0. The lowest BCUT2D eigenvalue weighted by atomic mass is 9.61. The van der Waals surface area contributed by atoms with Gasteiger partial charge in [-0.25, -0.2) is 9.97 Å². The van der Waals surface area contributed by atoms with Gasteiger partial charge in [-0.05, 0) is 133 Å². The van der Waals surface area contributed by atoms with E-state index in [0.29, 0.717) is 11.8 Å². The van der Waals surface area contributed by atoms with Crippen molar-refractivity contribution in [3.05, 3.63) is 205 Å². The van der Waals surface area contributed by atoms with E-state index in [9.17, 15) is 0 Å². The standard InChI is InChI=1S/C61H42N2S2/c1-3-19-43-38(15-1)34-40-17-13-23-47(55(40)57(43)59-62-51-27-9-11-29-53(51)64-59)45-21-5-7-25-49(45)61(36-37-31-32-42(61)33-37)50-26-8-6-22-46(50)48-24-14-18-41-35-39-16-2-4-20-44(39)58(56(41)48)60-63-52-28-10-12-30-54(52)65-60/h1-30,34-35,37,42H,31-33,36H2. The molecule has 0 N–H and O–H groups in total. The smallest absolute Gasteiger partial charge is 0.125 e. The van der Waals surface area contributed by atoms with Gasteiger partial charge in [0.2, 0.25) is 0 Å². The number of hydrogen-bond acceptors (Lipinski definition) is 4. The van der Waals surface area contributed by atoms with Gasteiger partial charge in [-0.3, -0.25) is 0 Å². The Kier molecular flexibility index (Phi) is 8.35. The minimum Gasteiger partial charge on any atom is -0.236 e. The Balaban J connectivity index is 1.05. The molecule has 2 heterocycles. The molecule has 2 bridgehead atoms. The monoisotopic (exact) mass is 866 g/mol. The number of fused-ring (bicyclic) bond motifs is 8. The molecule has 2 saturated carbocycles. The lowest BCUT2D eigenvalue weighted by Crippen LogP contribution is -2.35. The number of aromatic nitrogens is 2. The fraction of sp³-hybridized carbons (Fsp3) is 0.115. The van der Waals surface area contributed by atoms with E-state index >= 15 is 0 Å². The Bertz CT molecular complexity index is 3590. The van der Waals surface area contributed by atoms with Crippen molar-refractivity contribution in [1.82, 2.24) is 9.97 Å². The molecule has 4 heteroatoms. The van der Waals surface area contributed by atoms with Gasteiger partial charge in [0.1, 0.15) is 10.0 Å². The fourth-order valence-electron chi connectivity index (χ4n) is 12.4. The Morgan fingerprint density at radius 3 is 1.35 bits per heavy atom. The van der Waals surface area contributed by atoms with Crippen molar-refractivity contribution in [1.29, 1.82) is 0 Å². The van der Waals surface area contributed by atoms with Crippen molar-refractivity contribution in [2.45, 2.75) is 31.1 Å². The van der Waals surface area contributed by atoms with Crippen LogP contribution in [0.2, 0.25) is 0 Å². The first-order valence-electron chi connectivity index (χ1n) is 23.0. The third-order valence-electron chi connectivity index (χ3n) is 15.0. The number of rotatable bonds is 6. The van der Waals surface area contributed by atoms with Gasteiger partial charge in [-0.1, -0.05) is 164 Å². The van der Waals surface area contributed by atoms with Crippen LogP contribution in [-0.4, -0.2) is 9.97 Å². The van der Waals surface area contributed by atoms with Crippen LogP contribution < -0.4 is 0 Å². The Morgan fingerprint density at radius 2 is 0.862 bits per heavy atom. The molecule has 2 fully saturated rings. The lowest BCUT2D eigenvalue weighted by Gasteiger charge is -2.42. The average Bonchev–Trinajstić information content (AvgIpc) is 4.19. The van der Waals surface area contributed by atoms with E-state index < -0.39 is 0 Å². The van der Waals surface area contributed by atoms with Crippen LogP contribution in [0.4, 0.5) is 0 Å². The first-order valence-corrected chi connectivity index (χ1v) is 24.6. The van der Waals surface area contributed by atoms with Gasteiger partial charge < -0.3 is 0 Å². The largest absolute Gasteiger partial charge is 0.236 e. The zero-order valence-corrected chi connectivity index (χ0v) is 37.3. The summed E-state index contributed by atoms with van der Waals surface area (Å²) in [5.74, 6) is 1.21. The lowest BCUT2D eigenvalue weighted by molar-refractivity contribution is 0.322. The first kappa shape index (κ1) is 37.4. The molecule has 0 aliphatic heterocycles. The molecule has 2 atom stereocenters. The van der Waals surface area contributed by atoms with E-state index in [4.69, 9.17) is 9.97 Å². The maximum absolute atomic E-state index is 5.36. The van der Waals surface area contributed by atoms with Gasteiger partial charge in [-0.2, -0.15) is 0 Å². The van der Waals surface area contributed by atoms with Crippen LogP contribution in [0.1, 0.15) is 36.8 Å². The Morgan fingerprint density at radius 1 is 0.415 bits per heavy atom. The maximum Gasteiger partial charge on any atom is 0.125 e. The summed E-state index contributed by atoms with van der Waals surface area (Å²) in [6, 6.07) is 72.6. The summed E-state index contributed by atoms with van der Waals surface area (Å²) in [5.41, 5.74) is 12.5. The topological polar surface area (TPSA) is 25.8 Å². The minimum atomic E-state index is -0.194. The highest BCUT2D eigenvalue weighted by atomic mass is 32.1. The summed E-state index contributed by atoms with van der Waals surface area (Å²) in [4.78, 5) is 10.7. The van der Waals surface area contributed by atoms with Gasteiger partial charge in [0.15, 0.2) is 0 Å². The second-order valence-corrected chi connectivity index (χ2v) is 20.4. The van der Waals surface area contributed by atoms with E-state index in [-0.39, 0.29) is 5.41 Å². The van der Waals surface area contributed by atoms with Gasteiger partial charge in [0.05, 0.1) is 20.4 Å². The zero-order valence-electron chi connectivity index (χ0n) is 35.7. The molecule has 2 aliphatic carbocycles. The fourth-order valence-corrected chi connectivity index (χ4v) is 14.5. The highest BCUT2D eigenvalue weighted by Gasteiger charge is 2.54. The number of para-hydroxylation sites is 2. The molecule has 2 nitrogen and oxygen atoms in total. The summed E-state index contributed by atoms with van der Waals surface area (Å²) in [6.45, 7) is 0. The van der Waals surface area contributed by atoms with Crippen LogP contribution in [0.3, 0.4) is 0 Å². The molecular weight excluding hydrogens is 825 g/mol. The third-order valence-corrected chi connectivity index (χ3v) is 17.1. The van der Waals surface area contributed by atoms with Gasteiger partial charge in [-0.15, -0.1) is 22.7 Å². The number of thiazole rings is 2. The highest BCUT2D eigenvalue weighted by molar-refractivity contribution is 7.22. The molecule has 12 aromatic rings. The van der Waals surface area contributed by atoms with Gasteiger partial charge >= 0.3 is 0 Å². The first-order chi connectivity index (χ1) is 32.2.